The predicted molar refractivity (Wildman–Crippen MR) is 80.4 cm³/mol. The summed E-state index contributed by atoms with van der Waals surface area (Å²) in [4.78, 5) is 4.39. The van der Waals surface area contributed by atoms with E-state index in [0.29, 0.717) is 11.4 Å². The minimum atomic E-state index is -0.0253. The number of nitrogens with two attached hydrogens (primary N) is 1. The number of halogens is 1. The van der Waals surface area contributed by atoms with Crippen LogP contribution in [0.4, 0.5) is 0 Å². The molecule has 1 unspecified atom stereocenters. The normalized spacial score (nSPS) is 12.7. The van der Waals surface area contributed by atoms with E-state index in [1.807, 2.05) is 44.6 Å². The topological polar surface area (TPSA) is 68.8 Å². The van der Waals surface area contributed by atoms with Gasteiger partial charge in [-0.1, -0.05) is 11.6 Å². The van der Waals surface area contributed by atoms with Crippen molar-refractivity contribution in [2.75, 3.05) is 0 Å². The first kappa shape index (κ1) is 15.0. The van der Waals surface area contributed by atoms with Gasteiger partial charge in [0.2, 0.25) is 0 Å². The number of nitrogens with zero attached hydrogens (tertiary/aromatic N) is 3. The van der Waals surface area contributed by atoms with Crippen LogP contribution in [-0.2, 0) is 13.5 Å². The fourth-order valence-electron chi connectivity index (χ4n) is 2.44. The summed E-state index contributed by atoms with van der Waals surface area (Å²) in [6, 6.07) is 4.05. The molecular weight excluding hydrogens is 274 g/mol. The van der Waals surface area contributed by atoms with E-state index in [1.165, 1.54) is 0 Å². The molecule has 3 N–H and O–H groups in total. The van der Waals surface area contributed by atoms with E-state index in [2.05, 4.69) is 15.5 Å². The lowest BCUT2D eigenvalue weighted by Gasteiger charge is -2.17. The second kappa shape index (κ2) is 5.91. The molecule has 2 aromatic heterocycles. The fraction of sp³-hybridized carbons (Fsp3) is 0.429. The van der Waals surface area contributed by atoms with E-state index < -0.39 is 0 Å². The van der Waals surface area contributed by atoms with Crippen LogP contribution in [0.15, 0.2) is 12.1 Å². The zero-order valence-corrected chi connectivity index (χ0v) is 13.0. The summed E-state index contributed by atoms with van der Waals surface area (Å²) in [5.41, 5.74) is 7.73. The minimum absolute atomic E-state index is 0.0253. The van der Waals surface area contributed by atoms with Crippen LogP contribution in [0.25, 0.3) is 0 Å². The van der Waals surface area contributed by atoms with E-state index in [4.69, 9.17) is 17.4 Å². The summed E-state index contributed by atoms with van der Waals surface area (Å²) < 4.78 is 1.81. The molecule has 0 saturated heterocycles. The molecule has 0 fully saturated rings. The van der Waals surface area contributed by atoms with Gasteiger partial charge in [0.05, 0.1) is 22.5 Å². The Labute approximate surface area is 124 Å². The second-order valence-electron chi connectivity index (χ2n) is 5.08. The molecule has 0 aliphatic heterocycles. The monoisotopic (exact) mass is 293 g/mol. The Morgan fingerprint density at radius 3 is 2.35 bits per heavy atom. The highest BCUT2D eigenvalue weighted by Crippen LogP contribution is 2.25. The van der Waals surface area contributed by atoms with E-state index in [1.54, 1.807) is 0 Å². The molecule has 0 bridgehead atoms. The van der Waals surface area contributed by atoms with Crippen molar-refractivity contribution in [3.63, 3.8) is 0 Å². The van der Waals surface area contributed by atoms with E-state index >= 15 is 0 Å². The standard InChI is InChI=1S/C14H20ClN5/c1-8-5-11(6-9(2)17-8)12(18-16)7-13-14(15)10(3)19-20(13)4/h5-6,12,18H,7,16H2,1-4H3. The third kappa shape index (κ3) is 3.00. The maximum Gasteiger partial charge on any atom is 0.0847 e. The molecule has 108 valence electrons. The summed E-state index contributed by atoms with van der Waals surface area (Å²) in [6.07, 6.45) is 0.676. The van der Waals surface area contributed by atoms with Crippen molar-refractivity contribution in [3.05, 3.63) is 45.5 Å². The highest BCUT2D eigenvalue weighted by Gasteiger charge is 2.18. The molecule has 0 aliphatic rings. The molecule has 2 rings (SSSR count). The molecule has 2 aromatic rings. The first-order chi connectivity index (χ1) is 9.42. The number of aromatic nitrogens is 3. The average molecular weight is 294 g/mol. The van der Waals surface area contributed by atoms with Gasteiger partial charge in [-0.05, 0) is 38.5 Å². The molecule has 0 amide bonds. The Hall–Kier alpha value is -1.43. The minimum Gasteiger partial charge on any atom is -0.271 e. The second-order valence-corrected chi connectivity index (χ2v) is 5.45. The van der Waals surface area contributed by atoms with Crippen LogP contribution in [0.3, 0.4) is 0 Å². The SMILES string of the molecule is Cc1cc(C(Cc2c(Cl)c(C)nn2C)NN)cc(C)n1. The summed E-state index contributed by atoms with van der Waals surface area (Å²) in [6.45, 7) is 5.86. The first-order valence-corrected chi connectivity index (χ1v) is 6.89. The third-order valence-corrected chi connectivity index (χ3v) is 3.86. The summed E-state index contributed by atoms with van der Waals surface area (Å²) >= 11 is 6.30. The molecule has 0 aliphatic carbocycles. The Kier molecular flexibility index (Phi) is 4.42. The number of hydrogen-bond acceptors (Lipinski definition) is 4. The van der Waals surface area contributed by atoms with E-state index in [9.17, 15) is 0 Å². The Balaban J connectivity index is 2.33. The average Bonchev–Trinajstić information content (AvgIpc) is 2.60. The number of nitrogens with one attached hydrogen (secondary N) is 1. The summed E-state index contributed by atoms with van der Waals surface area (Å²) in [5, 5.41) is 5.03. The number of hydrogen-bond donors (Lipinski definition) is 2. The Morgan fingerprint density at radius 1 is 1.30 bits per heavy atom. The van der Waals surface area contributed by atoms with Gasteiger partial charge >= 0.3 is 0 Å². The van der Waals surface area contributed by atoms with Crippen molar-refractivity contribution in [2.24, 2.45) is 12.9 Å². The molecule has 6 heteroatoms. The van der Waals surface area contributed by atoms with Crippen LogP contribution < -0.4 is 11.3 Å². The van der Waals surface area contributed by atoms with Crippen molar-refractivity contribution < 1.29 is 0 Å². The van der Waals surface area contributed by atoms with Gasteiger partial charge in [0.15, 0.2) is 0 Å². The molecular formula is C14H20ClN5. The predicted octanol–water partition coefficient (Wildman–Crippen LogP) is 2.14. The third-order valence-electron chi connectivity index (χ3n) is 3.37. The van der Waals surface area contributed by atoms with Crippen LogP contribution in [0.5, 0.6) is 0 Å². The van der Waals surface area contributed by atoms with Gasteiger partial charge in [0.1, 0.15) is 0 Å². The molecule has 20 heavy (non-hydrogen) atoms. The van der Waals surface area contributed by atoms with Crippen LogP contribution in [0.1, 0.15) is 34.4 Å². The van der Waals surface area contributed by atoms with Gasteiger partial charge in [-0.3, -0.25) is 20.9 Å². The van der Waals surface area contributed by atoms with Crippen molar-refractivity contribution in [3.8, 4) is 0 Å². The molecule has 2 heterocycles. The van der Waals surface area contributed by atoms with Gasteiger partial charge in [-0.2, -0.15) is 5.10 Å². The first-order valence-electron chi connectivity index (χ1n) is 6.51. The number of pyridine rings is 1. The molecule has 0 aromatic carbocycles. The molecule has 0 radical (unpaired) electrons. The Morgan fingerprint density at radius 2 is 1.90 bits per heavy atom. The van der Waals surface area contributed by atoms with Gasteiger partial charge < -0.3 is 0 Å². The van der Waals surface area contributed by atoms with E-state index in [0.717, 1.165) is 28.3 Å². The highest BCUT2D eigenvalue weighted by molar-refractivity contribution is 6.31. The maximum atomic E-state index is 6.30. The number of aryl methyl sites for hydroxylation is 4. The van der Waals surface area contributed by atoms with Gasteiger partial charge in [-0.25, -0.2) is 0 Å². The zero-order valence-electron chi connectivity index (χ0n) is 12.2. The lowest BCUT2D eigenvalue weighted by atomic mass is 10.0. The van der Waals surface area contributed by atoms with Gasteiger partial charge in [-0.15, -0.1) is 0 Å². The van der Waals surface area contributed by atoms with Crippen LogP contribution in [0, 0.1) is 20.8 Å². The molecule has 0 saturated carbocycles. The molecule has 5 nitrogen and oxygen atoms in total. The van der Waals surface area contributed by atoms with Crippen LogP contribution in [0.2, 0.25) is 5.02 Å². The lowest BCUT2D eigenvalue weighted by molar-refractivity contribution is 0.529. The molecule has 1 atom stereocenters. The molecule has 0 spiro atoms. The maximum absolute atomic E-state index is 6.30. The number of rotatable bonds is 4. The Bertz CT molecular complexity index is 600. The summed E-state index contributed by atoms with van der Waals surface area (Å²) in [5.74, 6) is 5.72. The summed E-state index contributed by atoms with van der Waals surface area (Å²) in [7, 11) is 1.89. The number of hydrazine groups is 1. The zero-order chi connectivity index (χ0) is 14.9. The van der Waals surface area contributed by atoms with Gasteiger partial charge in [0.25, 0.3) is 0 Å². The van der Waals surface area contributed by atoms with E-state index in [-0.39, 0.29) is 6.04 Å². The van der Waals surface area contributed by atoms with Crippen molar-refractivity contribution in [1.29, 1.82) is 0 Å². The van der Waals surface area contributed by atoms with Gasteiger partial charge in [0, 0.05) is 24.9 Å². The highest BCUT2D eigenvalue weighted by atomic mass is 35.5. The van der Waals surface area contributed by atoms with Crippen molar-refractivity contribution >= 4 is 11.6 Å². The largest absolute Gasteiger partial charge is 0.271 e. The van der Waals surface area contributed by atoms with Crippen LogP contribution in [-0.4, -0.2) is 14.8 Å². The van der Waals surface area contributed by atoms with Crippen LogP contribution >= 0.6 is 11.6 Å². The van der Waals surface area contributed by atoms with Crippen molar-refractivity contribution in [2.45, 2.75) is 33.2 Å². The quantitative estimate of drug-likeness (QED) is 0.669. The fourth-order valence-corrected chi connectivity index (χ4v) is 2.67. The lowest BCUT2D eigenvalue weighted by Crippen LogP contribution is -2.30. The smallest absolute Gasteiger partial charge is 0.0847 e. The van der Waals surface area contributed by atoms with Crippen molar-refractivity contribution in [1.82, 2.24) is 20.2 Å².